The number of ether oxygens (including phenoxy) is 1. The first-order valence-corrected chi connectivity index (χ1v) is 11.5. The van der Waals surface area contributed by atoms with Crippen LogP contribution in [0.5, 0.6) is 5.75 Å². The van der Waals surface area contributed by atoms with Crippen molar-refractivity contribution in [2.24, 2.45) is 0 Å². The Hall–Kier alpha value is -4.10. The van der Waals surface area contributed by atoms with E-state index >= 15 is 0 Å². The molecule has 0 heterocycles. The molecule has 0 aromatic heterocycles. The molecule has 0 aliphatic carbocycles. The van der Waals surface area contributed by atoms with Crippen molar-refractivity contribution in [2.75, 3.05) is 18.2 Å². The molecule has 35 heavy (non-hydrogen) atoms. The summed E-state index contributed by atoms with van der Waals surface area (Å²) < 4.78 is 5.21. The van der Waals surface area contributed by atoms with Crippen LogP contribution in [0.25, 0.3) is 6.08 Å². The molecule has 0 saturated carbocycles. The molecule has 3 aromatic carbocycles. The van der Waals surface area contributed by atoms with Crippen LogP contribution in [0.4, 0.5) is 11.4 Å². The van der Waals surface area contributed by atoms with E-state index in [-0.39, 0.29) is 17.9 Å². The fourth-order valence-electron chi connectivity index (χ4n) is 3.45. The summed E-state index contributed by atoms with van der Waals surface area (Å²) in [5, 5.41) is 9.09. The summed E-state index contributed by atoms with van der Waals surface area (Å²) in [5.74, 6) is 0.409. The molecule has 0 fully saturated rings. The van der Waals surface area contributed by atoms with E-state index in [0.717, 1.165) is 22.4 Å². The number of carbonyl (C=O) groups is 2. The number of nitrogens with one attached hydrogen (secondary N) is 3. The number of para-hydroxylation sites is 2. The molecular formula is C28H32N4O3. The summed E-state index contributed by atoms with van der Waals surface area (Å²) in [5.41, 5.74) is 9.65. The van der Waals surface area contributed by atoms with Gasteiger partial charge in [-0.25, -0.2) is 0 Å². The van der Waals surface area contributed by atoms with Crippen LogP contribution in [0, 0.1) is 0 Å². The third-order valence-corrected chi connectivity index (χ3v) is 5.28. The van der Waals surface area contributed by atoms with E-state index in [9.17, 15) is 9.59 Å². The second-order valence-electron chi connectivity index (χ2n) is 8.40. The minimum atomic E-state index is -0.526. The van der Waals surface area contributed by atoms with Crippen molar-refractivity contribution in [2.45, 2.75) is 32.5 Å². The topological polar surface area (TPSA) is 105 Å². The third-order valence-electron chi connectivity index (χ3n) is 5.28. The summed E-state index contributed by atoms with van der Waals surface area (Å²) in [6.45, 7) is 4.38. The normalized spacial score (nSPS) is 11.9. The maximum Gasteiger partial charge on any atom is 0.248 e. The number of hydrogen-bond donors (Lipinski definition) is 4. The van der Waals surface area contributed by atoms with Crippen LogP contribution >= 0.6 is 0 Å². The van der Waals surface area contributed by atoms with E-state index in [1.165, 1.54) is 6.08 Å². The molecule has 5 N–H and O–H groups in total. The van der Waals surface area contributed by atoms with Crippen LogP contribution in [-0.2, 0) is 16.1 Å². The molecule has 0 saturated heterocycles. The Bertz CT molecular complexity index is 1160. The number of carbonyl (C=O) groups excluding carboxylic acids is 2. The van der Waals surface area contributed by atoms with Gasteiger partial charge in [0, 0.05) is 18.7 Å². The summed E-state index contributed by atoms with van der Waals surface area (Å²) in [6, 6.07) is 21.8. The number of methoxy groups -OCH3 is 1. The minimum absolute atomic E-state index is 0.0205. The van der Waals surface area contributed by atoms with Gasteiger partial charge in [-0.15, -0.1) is 0 Å². The van der Waals surface area contributed by atoms with E-state index in [0.29, 0.717) is 17.9 Å². The largest absolute Gasteiger partial charge is 0.497 e. The number of rotatable bonds is 10. The Balaban J connectivity index is 1.68. The van der Waals surface area contributed by atoms with Crippen molar-refractivity contribution < 1.29 is 14.3 Å². The van der Waals surface area contributed by atoms with E-state index in [1.807, 2.05) is 74.5 Å². The Kier molecular flexibility index (Phi) is 9.03. The average Bonchev–Trinajstić information content (AvgIpc) is 2.85. The lowest BCUT2D eigenvalue weighted by Gasteiger charge is -2.21. The Labute approximate surface area is 206 Å². The summed E-state index contributed by atoms with van der Waals surface area (Å²) >= 11 is 0. The highest BCUT2D eigenvalue weighted by atomic mass is 16.5. The molecule has 0 radical (unpaired) electrons. The molecule has 0 aliphatic heterocycles. The Morgan fingerprint density at radius 3 is 2.29 bits per heavy atom. The van der Waals surface area contributed by atoms with Crippen LogP contribution in [0.15, 0.2) is 78.9 Å². The smallest absolute Gasteiger partial charge is 0.248 e. The maximum absolute atomic E-state index is 12.9. The molecule has 7 nitrogen and oxygen atoms in total. The fourth-order valence-corrected chi connectivity index (χ4v) is 3.45. The van der Waals surface area contributed by atoms with Gasteiger partial charge in [-0.05, 0) is 60.9 Å². The monoisotopic (exact) mass is 472 g/mol. The van der Waals surface area contributed by atoms with E-state index < -0.39 is 6.04 Å². The summed E-state index contributed by atoms with van der Waals surface area (Å²) in [7, 11) is 1.63. The first-order chi connectivity index (χ1) is 16.9. The number of nitrogens with two attached hydrogens (primary N) is 1. The van der Waals surface area contributed by atoms with Gasteiger partial charge in [-0.2, -0.15) is 0 Å². The second kappa shape index (κ2) is 12.4. The lowest BCUT2D eigenvalue weighted by Crippen LogP contribution is -2.40. The van der Waals surface area contributed by atoms with E-state index in [2.05, 4.69) is 16.0 Å². The van der Waals surface area contributed by atoms with Gasteiger partial charge in [0.1, 0.15) is 11.8 Å². The molecular weight excluding hydrogens is 440 g/mol. The van der Waals surface area contributed by atoms with Gasteiger partial charge < -0.3 is 21.1 Å². The van der Waals surface area contributed by atoms with Gasteiger partial charge >= 0.3 is 0 Å². The Morgan fingerprint density at radius 1 is 0.971 bits per heavy atom. The van der Waals surface area contributed by atoms with Crippen LogP contribution in [0.1, 0.15) is 36.6 Å². The van der Waals surface area contributed by atoms with Gasteiger partial charge in [0.05, 0.1) is 18.5 Å². The van der Waals surface area contributed by atoms with E-state index in [1.54, 1.807) is 25.3 Å². The average molecular weight is 473 g/mol. The van der Waals surface area contributed by atoms with Crippen LogP contribution in [0.3, 0.4) is 0 Å². The van der Waals surface area contributed by atoms with Gasteiger partial charge in [0.2, 0.25) is 11.8 Å². The van der Waals surface area contributed by atoms with Crippen LogP contribution < -0.4 is 26.4 Å². The van der Waals surface area contributed by atoms with Crippen LogP contribution in [0.2, 0.25) is 0 Å². The van der Waals surface area contributed by atoms with Crippen molar-refractivity contribution >= 4 is 29.3 Å². The predicted molar refractivity (Wildman–Crippen MR) is 141 cm³/mol. The van der Waals surface area contributed by atoms with E-state index in [4.69, 9.17) is 10.5 Å². The first-order valence-electron chi connectivity index (χ1n) is 11.5. The zero-order valence-electron chi connectivity index (χ0n) is 20.2. The zero-order chi connectivity index (χ0) is 25.2. The molecule has 3 rings (SSSR count). The molecule has 2 amide bonds. The molecule has 3 aromatic rings. The lowest BCUT2D eigenvalue weighted by molar-refractivity contribution is -0.123. The highest BCUT2D eigenvalue weighted by Crippen LogP contribution is 2.19. The number of benzene rings is 3. The molecule has 0 spiro atoms. The lowest BCUT2D eigenvalue weighted by atomic mass is 10.0. The highest BCUT2D eigenvalue weighted by molar-refractivity contribution is 6.03. The summed E-state index contributed by atoms with van der Waals surface area (Å²) in [4.78, 5) is 25.1. The van der Waals surface area contributed by atoms with Gasteiger partial charge in [-0.3, -0.25) is 14.9 Å². The molecule has 0 aliphatic rings. The van der Waals surface area contributed by atoms with Crippen molar-refractivity contribution in [3.05, 3.63) is 95.6 Å². The molecule has 1 unspecified atom stereocenters. The number of hydrogen-bond acceptors (Lipinski definition) is 5. The number of nitrogen functional groups attached to an aromatic ring is 1. The number of amides is 2. The zero-order valence-corrected chi connectivity index (χ0v) is 20.2. The highest BCUT2D eigenvalue weighted by Gasteiger charge is 2.20. The molecule has 1 atom stereocenters. The summed E-state index contributed by atoms with van der Waals surface area (Å²) in [6.07, 6.45) is 3.17. The second-order valence-corrected chi connectivity index (χ2v) is 8.40. The first kappa shape index (κ1) is 25.5. The Morgan fingerprint density at radius 2 is 1.66 bits per heavy atom. The predicted octanol–water partition coefficient (Wildman–Crippen LogP) is 4.28. The quantitative estimate of drug-likeness (QED) is 0.260. The fraction of sp³-hybridized carbons (Fsp3) is 0.214. The van der Waals surface area contributed by atoms with Gasteiger partial charge in [0.15, 0.2) is 0 Å². The van der Waals surface area contributed by atoms with Crippen molar-refractivity contribution in [3.8, 4) is 5.75 Å². The molecule has 7 heteroatoms. The van der Waals surface area contributed by atoms with Crippen molar-refractivity contribution in [3.63, 3.8) is 0 Å². The SMILES string of the molecule is COc1ccc(CNC(C(=O)NC(C)C)c2ccc(C=CC(=O)Nc3ccccc3N)cc2)cc1. The van der Waals surface area contributed by atoms with Crippen molar-refractivity contribution in [1.29, 1.82) is 0 Å². The standard InChI is InChI=1S/C28H32N4O3/c1-19(2)31-28(34)27(30-18-21-10-15-23(35-3)16-11-21)22-13-8-20(9-14-22)12-17-26(33)32-25-7-5-4-6-24(25)29/h4-17,19,27,30H,18,29H2,1-3H3,(H,31,34)(H,32,33). The molecule has 0 bridgehead atoms. The van der Waals surface area contributed by atoms with Crippen molar-refractivity contribution in [1.82, 2.24) is 10.6 Å². The number of anilines is 2. The molecule has 182 valence electrons. The van der Waals surface area contributed by atoms with Gasteiger partial charge in [0.25, 0.3) is 0 Å². The van der Waals surface area contributed by atoms with Gasteiger partial charge in [-0.1, -0.05) is 48.5 Å². The van der Waals surface area contributed by atoms with Crippen LogP contribution in [-0.4, -0.2) is 25.0 Å². The third kappa shape index (κ3) is 7.72. The maximum atomic E-state index is 12.9. The minimum Gasteiger partial charge on any atom is -0.497 e.